The van der Waals surface area contributed by atoms with Crippen LogP contribution in [0.15, 0.2) is 65.8 Å². The minimum Gasteiger partial charge on any atom is -0.309 e. The molecule has 0 aliphatic rings. The maximum atomic E-state index is 12.9. The molecule has 0 unspecified atom stereocenters. The van der Waals surface area contributed by atoms with E-state index in [2.05, 4.69) is 10.2 Å². The fourth-order valence-electron chi connectivity index (χ4n) is 2.83. The van der Waals surface area contributed by atoms with E-state index in [0.717, 1.165) is 22.4 Å². The Kier molecular flexibility index (Phi) is 5.73. The Morgan fingerprint density at radius 3 is 2.27 bits per heavy atom. The summed E-state index contributed by atoms with van der Waals surface area (Å²) in [6.07, 6.45) is 0. The van der Waals surface area contributed by atoms with Crippen molar-refractivity contribution in [2.24, 2.45) is 0 Å². The molecule has 6 heteroatoms. The molecule has 0 N–H and O–H groups in total. The third kappa shape index (κ3) is 3.96. The van der Waals surface area contributed by atoms with Crippen LogP contribution in [0.4, 0.5) is 5.69 Å². The number of carbonyl (C=O) groups excluding carboxylic acids is 1. The van der Waals surface area contributed by atoms with Crippen LogP contribution in [0, 0.1) is 6.92 Å². The number of para-hydroxylation sites is 2. The summed E-state index contributed by atoms with van der Waals surface area (Å²) in [4.78, 5) is 14.7. The number of aryl methyl sites for hydroxylation is 1. The average Bonchev–Trinajstić information content (AvgIpc) is 3.02. The number of benzene rings is 2. The summed E-state index contributed by atoms with van der Waals surface area (Å²) in [5, 5.41) is 9.14. The van der Waals surface area contributed by atoms with E-state index < -0.39 is 0 Å². The zero-order valence-corrected chi connectivity index (χ0v) is 16.0. The van der Waals surface area contributed by atoms with Crippen LogP contribution in [0.1, 0.15) is 19.7 Å². The molecule has 134 valence electrons. The van der Waals surface area contributed by atoms with Crippen molar-refractivity contribution in [3.05, 3.63) is 66.5 Å². The lowest BCUT2D eigenvalue weighted by Gasteiger charge is -2.26. The van der Waals surface area contributed by atoms with E-state index in [1.807, 2.05) is 90.9 Å². The zero-order chi connectivity index (χ0) is 18.5. The molecule has 5 nitrogen and oxygen atoms in total. The Hall–Kier alpha value is -2.60. The molecule has 2 aromatic carbocycles. The van der Waals surface area contributed by atoms with Gasteiger partial charge in [-0.05, 0) is 45.0 Å². The van der Waals surface area contributed by atoms with Gasteiger partial charge in [0.1, 0.15) is 5.82 Å². The first-order valence-corrected chi connectivity index (χ1v) is 9.54. The maximum Gasteiger partial charge on any atom is 0.237 e. The molecule has 1 amide bonds. The first-order valence-electron chi connectivity index (χ1n) is 8.55. The van der Waals surface area contributed by atoms with Crippen molar-refractivity contribution in [1.29, 1.82) is 0 Å². The third-order valence-corrected chi connectivity index (χ3v) is 4.87. The molecule has 3 rings (SSSR count). The van der Waals surface area contributed by atoms with Crippen LogP contribution >= 0.6 is 11.8 Å². The first kappa shape index (κ1) is 18.2. The molecule has 0 fully saturated rings. The number of aromatic nitrogens is 3. The molecular formula is C20H22N4OS. The van der Waals surface area contributed by atoms with Crippen LogP contribution in [0.5, 0.6) is 0 Å². The monoisotopic (exact) mass is 366 g/mol. The van der Waals surface area contributed by atoms with Crippen LogP contribution in [-0.2, 0) is 4.79 Å². The molecule has 0 aliphatic heterocycles. The van der Waals surface area contributed by atoms with Crippen molar-refractivity contribution in [2.75, 3.05) is 10.7 Å². The average molecular weight is 366 g/mol. The minimum absolute atomic E-state index is 0.0523. The molecule has 1 heterocycles. The van der Waals surface area contributed by atoms with Crippen molar-refractivity contribution in [3.63, 3.8) is 0 Å². The van der Waals surface area contributed by atoms with Gasteiger partial charge >= 0.3 is 0 Å². The molecule has 0 saturated heterocycles. The lowest BCUT2D eigenvalue weighted by atomic mass is 10.2. The van der Waals surface area contributed by atoms with Gasteiger partial charge in [-0.2, -0.15) is 0 Å². The summed E-state index contributed by atoms with van der Waals surface area (Å²) in [6.45, 7) is 5.95. The molecule has 0 bridgehead atoms. The van der Waals surface area contributed by atoms with Crippen molar-refractivity contribution in [1.82, 2.24) is 14.8 Å². The smallest absolute Gasteiger partial charge is 0.237 e. The highest BCUT2D eigenvalue weighted by molar-refractivity contribution is 7.99. The standard InChI is InChI=1S/C20H22N4OS/c1-15(2)23(17-10-6-4-7-11-17)19(25)14-26-20-22-21-16(3)24(20)18-12-8-5-9-13-18/h4-13,15H,14H2,1-3H3. The molecule has 0 saturated carbocycles. The second kappa shape index (κ2) is 8.19. The van der Waals surface area contributed by atoms with Gasteiger partial charge < -0.3 is 4.90 Å². The number of thioether (sulfide) groups is 1. The second-order valence-corrected chi connectivity index (χ2v) is 7.12. The molecule has 0 aliphatic carbocycles. The Labute approximate surface area is 158 Å². The van der Waals surface area contributed by atoms with Crippen LogP contribution in [0.2, 0.25) is 0 Å². The second-order valence-electron chi connectivity index (χ2n) is 6.18. The van der Waals surface area contributed by atoms with Gasteiger partial charge in [-0.15, -0.1) is 10.2 Å². The molecule has 3 aromatic rings. The van der Waals surface area contributed by atoms with E-state index in [-0.39, 0.29) is 11.9 Å². The predicted octanol–water partition coefficient (Wildman–Crippen LogP) is 4.11. The highest BCUT2D eigenvalue weighted by atomic mass is 32.2. The van der Waals surface area contributed by atoms with Crippen LogP contribution in [0.3, 0.4) is 0 Å². The topological polar surface area (TPSA) is 51.0 Å². The van der Waals surface area contributed by atoms with Gasteiger partial charge in [-0.1, -0.05) is 48.2 Å². The number of rotatable bonds is 6. The Bertz CT molecular complexity index is 862. The number of hydrogen-bond acceptors (Lipinski definition) is 4. The number of anilines is 1. The van der Waals surface area contributed by atoms with Crippen LogP contribution < -0.4 is 4.90 Å². The van der Waals surface area contributed by atoms with Gasteiger partial charge in [0.05, 0.1) is 5.75 Å². The highest BCUT2D eigenvalue weighted by Crippen LogP contribution is 2.24. The molecule has 26 heavy (non-hydrogen) atoms. The van der Waals surface area contributed by atoms with Crippen molar-refractivity contribution in [2.45, 2.75) is 32.0 Å². The van der Waals surface area contributed by atoms with Gasteiger partial charge in [-0.3, -0.25) is 9.36 Å². The van der Waals surface area contributed by atoms with Crippen LogP contribution in [-0.4, -0.2) is 32.5 Å². The fourth-order valence-corrected chi connectivity index (χ4v) is 3.68. The summed E-state index contributed by atoms with van der Waals surface area (Å²) >= 11 is 1.41. The van der Waals surface area contributed by atoms with Crippen molar-refractivity contribution < 1.29 is 4.79 Å². The quantitative estimate of drug-likeness (QED) is 0.616. The number of nitrogens with zero attached hydrogens (tertiary/aromatic N) is 4. The summed E-state index contributed by atoms with van der Waals surface area (Å²) in [5.74, 6) is 1.16. The Morgan fingerprint density at radius 1 is 1.04 bits per heavy atom. The van der Waals surface area contributed by atoms with Gasteiger partial charge in [0.2, 0.25) is 5.91 Å². The van der Waals surface area contributed by atoms with E-state index in [0.29, 0.717) is 5.75 Å². The van der Waals surface area contributed by atoms with E-state index in [9.17, 15) is 4.79 Å². The Balaban J connectivity index is 1.78. The van der Waals surface area contributed by atoms with E-state index in [1.165, 1.54) is 11.8 Å². The minimum atomic E-state index is 0.0523. The lowest BCUT2D eigenvalue weighted by Crippen LogP contribution is -2.38. The number of carbonyl (C=O) groups is 1. The van der Waals surface area contributed by atoms with E-state index >= 15 is 0 Å². The van der Waals surface area contributed by atoms with E-state index in [4.69, 9.17) is 0 Å². The molecule has 0 atom stereocenters. The van der Waals surface area contributed by atoms with Gasteiger partial charge in [0, 0.05) is 17.4 Å². The largest absolute Gasteiger partial charge is 0.309 e. The summed E-state index contributed by atoms with van der Waals surface area (Å²) in [7, 11) is 0. The van der Waals surface area contributed by atoms with Crippen molar-refractivity contribution >= 4 is 23.4 Å². The first-order chi connectivity index (χ1) is 12.6. The normalized spacial score (nSPS) is 10.9. The summed E-state index contributed by atoms with van der Waals surface area (Å²) < 4.78 is 1.97. The maximum absolute atomic E-state index is 12.9. The third-order valence-electron chi connectivity index (χ3n) is 3.95. The number of hydrogen-bond donors (Lipinski definition) is 0. The van der Waals surface area contributed by atoms with Gasteiger partial charge in [-0.25, -0.2) is 0 Å². The Morgan fingerprint density at radius 2 is 1.65 bits per heavy atom. The lowest BCUT2D eigenvalue weighted by molar-refractivity contribution is -0.116. The highest BCUT2D eigenvalue weighted by Gasteiger charge is 2.20. The predicted molar refractivity (Wildman–Crippen MR) is 106 cm³/mol. The molecule has 0 radical (unpaired) electrons. The van der Waals surface area contributed by atoms with Gasteiger partial charge in [0.25, 0.3) is 0 Å². The molecule has 0 spiro atoms. The summed E-state index contributed by atoms with van der Waals surface area (Å²) in [5.41, 5.74) is 1.91. The number of amides is 1. The SMILES string of the molecule is Cc1nnc(SCC(=O)N(c2ccccc2)C(C)C)n1-c1ccccc1. The van der Waals surface area contributed by atoms with Gasteiger partial charge in [0.15, 0.2) is 5.16 Å². The van der Waals surface area contributed by atoms with Crippen molar-refractivity contribution in [3.8, 4) is 5.69 Å². The zero-order valence-electron chi connectivity index (χ0n) is 15.2. The van der Waals surface area contributed by atoms with E-state index in [1.54, 1.807) is 0 Å². The molecular weight excluding hydrogens is 344 g/mol. The fraction of sp³-hybridized carbons (Fsp3) is 0.250. The summed E-state index contributed by atoms with van der Waals surface area (Å²) in [6, 6.07) is 19.8. The van der Waals surface area contributed by atoms with Crippen LogP contribution in [0.25, 0.3) is 5.69 Å². The molecule has 1 aromatic heterocycles.